The van der Waals surface area contributed by atoms with Crippen molar-refractivity contribution in [2.45, 2.75) is 6.92 Å². The molecule has 0 bridgehead atoms. The van der Waals surface area contributed by atoms with E-state index in [9.17, 15) is 4.79 Å². The van der Waals surface area contributed by atoms with Crippen LogP contribution in [0.5, 0.6) is 0 Å². The summed E-state index contributed by atoms with van der Waals surface area (Å²) in [5.41, 5.74) is 1.63. The number of esters is 1. The van der Waals surface area contributed by atoms with Gasteiger partial charge in [-0.2, -0.15) is 10.5 Å². The normalized spacial score (nSPS) is 8.89. The highest BCUT2D eigenvalue weighted by atomic mass is 79.9. The molecule has 1 N–H and O–H groups in total. The molecule has 19 heavy (non-hydrogen) atoms. The Morgan fingerprint density at radius 3 is 2.58 bits per heavy atom. The Morgan fingerprint density at radius 2 is 2.05 bits per heavy atom. The average Bonchev–Trinajstić information content (AvgIpc) is 2.42. The van der Waals surface area contributed by atoms with Crippen molar-refractivity contribution in [3.63, 3.8) is 0 Å². The fourth-order valence-electron chi connectivity index (χ4n) is 1.39. The zero-order valence-electron chi connectivity index (χ0n) is 10.3. The number of benzene rings is 1. The molecule has 0 amide bonds. The van der Waals surface area contributed by atoms with E-state index in [1.165, 1.54) is 13.3 Å². The predicted octanol–water partition coefficient (Wildman–Crippen LogP) is 2.89. The summed E-state index contributed by atoms with van der Waals surface area (Å²) in [6.45, 7) is 1.74. The third kappa shape index (κ3) is 3.57. The van der Waals surface area contributed by atoms with Crippen molar-refractivity contribution in [3.05, 3.63) is 39.5 Å². The number of allylic oxidation sites excluding steroid dienone is 1. The molecule has 0 aliphatic rings. The molecular formula is C13H10BrN3O2. The van der Waals surface area contributed by atoms with E-state index in [-0.39, 0.29) is 5.57 Å². The molecule has 0 saturated heterocycles. The van der Waals surface area contributed by atoms with Crippen molar-refractivity contribution in [2.24, 2.45) is 0 Å². The van der Waals surface area contributed by atoms with E-state index in [1.54, 1.807) is 31.2 Å². The van der Waals surface area contributed by atoms with Crippen molar-refractivity contribution in [1.82, 2.24) is 0 Å². The summed E-state index contributed by atoms with van der Waals surface area (Å²) in [5.74, 6) is -0.452. The molecule has 0 aliphatic heterocycles. The molecule has 6 heteroatoms. The number of ether oxygens (including phenoxy) is 1. The second-order valence-corrected chi connectivity index (χ2v) is 4.46. The third-order valence-electron chi connectivity index (χ3n) is 2.39. The quantitative estimate of drug-likeness (QED) is 0.683. The maximum atomic E-state index is 11.6. The van der Waals surface area contributed by atoms with Crippen molar-refractivity contribution >= 4 is 27.6 Å². The molecule has 0 aliphatic carbocycles. The first kappa shape index (κ1) is 14.7. The van der Waals surface area contributed by atoms with E-state index in [0.29, 0.717) is 21.3 Å². The van der Waals surface area contributed by atoms with Crippen LogP contribution in [-0.2, 0) is 4.74 Å². The van der Waals surface area contributed by atoms with Crippen molar-refractivity contribution < 1.29 is 9.53 Å². The molecule has 0 saturated carbocycles. The maximum Gasteiger partial charge on any atom is 0.338 e. The van der Waals surface area contributed by atoms with Crippen LogP contribution in [0.2, 0.25) is 0 Å². The van der Waals surface area contributed by atoms with E-state index in [2.05, 4.69) is 26.0 Å². The van der Waals surface area contributed by atoms with Gasteiger partial charge < -0.3 is 10.1 Å². The lowest BCUT2D eigenvalue weighted by Crippen LogP contribution is -2.06. The lowest BCUT2D eigenvalue weighted by molar-refractivity contribution is 0.0600. The summed E-state index contributed by atoms with van der Waals surface area (Å²) in [4.78, 5) is 11.6. The maximum absolute atomic E-state index is 11.6. The Balaban J connectivity index is 3.20. The number of rotatable bonds is 3. The van der Waals surface area contributed by atoms with Gasteiger partial charge in [-0.05, 0) is 24.6 Å². The van der Waals surface area contributed by atoms with E-state index in [1.807, 2.05) is 0 Å². The minimum Gasteiger partial charge on any atom is -0.465 e. The van der Waals surface area contributed by atoms with E-state index in [4.69, 9.17) is 10.5 Å². The number of nitriles is 2. The van der Waals surface area contributed by atoms with Crippen LogP contribution in [0.3, 0.4) is 0 Å². The standard InChI is InChI=1S/C13H10BrN3O2/c1-8-11(13(18)19-2)3-10(14)4-12(8)17-7-9(5-15)6-16/h3-4,7,17H,1-2H3. The molecule has 1 rings (SSSR count). The first-order valence-corrected chi connectivity index (χ1v) is 5.98. The summed E-state index contributed by atoms with van der Waals surface area (Å²) >= 11 is 3.29. The molecule has 0 spiro atoms. The summed E-state index contributed by atoms with van der Waals surface area (Å²) in [5, 5.41) is 20.1. The molecule has 1 aromatic carbocycles. The van der Waals surface area contributed by atoms with Crippen LogP contribution in [0, 0.1) is 29.6 Å². The number of hydrogen-bond donors (Lipinski definition) is 1. The number of anilines is 1. The number of carbonyl (C=O) groups excluding carboxylic acids is 1. The molecule has 5 nitrogen and oxygen atoms in total. The fourth-order valence-corrected chi connectivity index (χ4v) is 1.85. The minimum absolute atomic E-state index is 0.0565. The van der Waals surface area contributed by atoms with Gasteiger partial charge in [0.1, 0.15) is 17.7 Å². The number of carbonyl (C=O) groups is 1. The summed E-state index contributed by atoms with van der Waals surface area (Å²) in [7, 11) is 1.30. The van der Waals surface area contributed by atoms with Crippen LogP contribution in [0.1, 0.15) is 15.9 Å². The van der Waals surface area contributed by atoms with E-state index in [0.717, 1.165) is 0 Å². The average molecular weight is 320 g/mol. The van der Waals surface area contributed by atoms with Crippen LogP contribution >= 0.6 is 15.9 Å². The van der Waals surface area contributed by atoms with Crippen LogP contribution < -0.4 is 5.32 Å². The first-order valence-electron chi connectivity index (χ1n) is 5.18. The molecule has 0 fully saturated rings. The van der Waals surface area contributed by atoms with Gasteiger partial charge in [0.15, 0.2) is 0 Å². The summed E-state index contributed by atoms with van der Waals surface area (Å²) < 4.78 is 5.37. The highest BCUT2D eigenvalue weighted by Gasteiger charge is 2.13. The zero-order chi connectivity index (χ0) is 14.4. The molecule has 0 heterocycles. The van der Waals surface area contributed by atoms with Gasteiger partial charge in [0.05, 0.1) is 12.7 Å². The van der Waals surface area contributed by atoms with E-state index >= 15 is 0 Å². The Bertz CT molecular complexity index is 608. The van der Waals surface area contributed by atoms with Crippen molar-refractivity contribution in [3.8, 4) is 12.1 Å². The Hall–Kier alpha value is -2.31. The van der Waals surface area contributed by atoms with Crippen molar-refractivity contribution in [1.29, 1.82) is 10.5 Å². The van der Waals surface area contributed by atoms with Gasteiger partial charge in [-0.15, -0.1) is 0 Å². The Morgan fingerprint density at radius 1 is 1.42 bits per heavy atom. The Labute approximate surface area is 119 Å². The largest absolute Gasteiger partial charge is 0.465 e. The summed E-state index contributed by atoms with van der Waals surface area (Å²) in [6.07, 6.45) is 1.29. The van der Waals surface area contributed by atoms with Gasteiger partial charge in [-0.3, -0.25) is 0 Å². The number of halogens is 1. The lowest BCUT2D eigenvalue weighted by atomic mass is 10.1. The smallest absolute Gasteiger partial charge is 0.338 e. The first-order chi connectivity index (χ1) is 9.03. The SMILES string of the molecule is COC(=O)c1cc(Br)cc(NC=C(C#N)C#N)c1C. The third-order valence-corrected chi connectivity index (χ3v) is 2.85. The number of nitrogens with zero attached hydrogens (tertiary/aromatic N) is 2. The second kappa shape index (κ2) is 6.58. The summed E-state index contributed by atoms with van der Waals surface area (Å²) in [6, 6.07) is 6.86. The van der Waals surface area contributed by atoms with Gasteiger partial charge in [0, 0.05) is 16.4 Å². The topological polar surface area (TPSA) is 85.9 Å². The highest BCUT2D eigenvalue weighted by Crippen LogP contribution is 2.26. The monoisotopic (exact) mass is 319 g/mol. The minimum atomic E-state index is -0.452. The number of hydrogen-bond acceptors (Lipinski definition) is 5. The molecule has 0 unspecified atom stereocenters. The van der Waals surface area contributed by atoms with E-state index < -0.39 is 5.97 Å². The molecule has 1 aromatic rings. The number of nitrogens with one attached hydrogen (secondary N) is 1. The zero-order valence-corrected chi connectivity index (χ0v) is 11.9. The van der Waals surface area contributed by atoms with Crippen molar-refractivity contribution in [2.75, 3.05) is 12.4 Å². The van der Waals surface area contributed by atoms with Crippen LogP contribution in [-0.4, -0.2) is 13.1 Å². The van der Waals surface area contributed by atoms with Crippen LogP contribution in [0.4, 0.5) is 5.69 Å². The van der Waals surface area contributed by atoms with Crippen LogP contribution in [0.15, 0.2) is 28.4 Å². The molecular weight excluding hydrogens is 310 g/mol. The van der Waals surface area contributed by atoms with Gasteiger partial charge in [-0.1, -0.05) is 15.9 Å². The molecule has 96 valence electrons. The van der Waals surface area contributed by atoms with Crippen LogP contribution in [0.25, 0.3) is 0 Å². The van der Waals surface area contributed by atoms with Gasteiger partial charge in [0.2, 0.25) is 0 Å². The lowest BCUT2D eigenvalue weighted by Gasteiger charge is -2.11. The molecule has 0 atom stereocenters. The fraction of sp³-hybridized carbons (Fsp3) is 0.154. The predicted molar refractivity (Wildman–Crippen MR) is 73.2 cm³/mol. The van der Waals surface area contributed by atoms with Gasteiger partial charge >= 0.3 is 5.97 Å². The number of methoxy groups -OCH3 is 1. The molecule has 0 radical (unpaired) electrons. The van der Waals surface area contributed by atoms with Gasteiger partial charge in [0.25, 0.3) is 0 Å². The highest BCUT2D eigenvalue weighted by molar-refractivity contribution is 9.10. The second-order valence-electron chi connectivity index (χ2n) is 3.54. The van der Waals surface area contributed by atoms with Gasteiger partial charge in [-0.25, -0.2) is 4.79 Å². The Kier molecular flexibility index (Phi) is 5.11. The molecule has 0 aromatic heterocycles.